The number of hydrogen-bond donors (Lipinski definition) is 1. The van der Waals surface area contributed by atoms with E-state index in [1.54, 1.807) is 18.9 Å². The van der Waals surface area contributed by atoms with Gasteiger partial charge in [0.1, 0.15) is 11.8 Å². The molecule has 0 radical (unpaired) electrons. The van der Waals surface area contributed by atoms with Gasteiger partial charge in [-0.2, -0.15) is 0 Å². The number of hydrogen-bond acceptors (Lipinski definition) is 3. The Hall–Kier alpha value is -2.34. The SMILES string of the molecule is CNC(=O)[C@H](C)N(Cc1ccc(C)cc1)C(=O)COc1ccc(C(C)(C)C)cc1Br. The van der Waals surface area contributed by atoms with E-state index in [0.29, 0.717) is 12.3 Å². The molecule has 2 rings (SSSR count). The highest BCUT2D eigenvalue weighted by molar-refractivity contribution is 9.10. The van der Waals surface area contributed by atoms with Gasteiger partial charge in [-0.05, 0) is 58.5 Å². The highest BCUT2D eigenvalue weighted by Crippen LogP contribution is 2.31. The number of halogens is 1. The third-order valence-electron chi connectivity index (χ3n) is 5.04. The minimum Gasteiger partial charge on any atom is -0.483 e. The smallest absolute Gasteiger partial charge is 0.261 e. The molecule has 1 N–H and O–H groups in total. The molecule has 2 amide bonds. The predicted molar refractivity (Wildman–Crippen MR) is 124 cm³/mol. The number of rotatable bonds is 7. The molecule has 0 heterocycles. The van der Waals surface area contributed by atoms with E-state index in [4.69, 9.17) is 4.74 Å². The van der Waals surface area contributed by atoms with Gasteiger partial charge in [-0.25, -0.2) is 0 Å². The standard InChI is InChI=1S/C24H31BrN2O3/c1-16-7-9-18(10-8-16)14-27(17(2)23(29)26-6)22(28)15-30-21-12-11-19(13-20(21)25)24(3,4)5/h7-13,17H,14-15H2,1-6H3,(H,26,29)/t17-/m0/s1. The Morgan fingerprint density at radius 2 is 1.77 bits per heavy atom. The molecule has 2 aromatic rings. The molecule has 1 atom stereocenters. The summed E-state index contributed by atoms with van der Waals surface area (Å²) in [5.41, 5.74) is 3.29. The fraction of sp³-hybridized carbons (Fsp3) is 0.417. The summed E-state index contributed by atoms with van der Waals surface area (Å²) >= 11 is 3.54. The largest absolute Gasteiger partial charge is 0.483 e. The van der Waals surface area contributed by atoms with Gasteiger partial charge in [0.15, 0.2) is 6.61 Å². The van der Waals surface area contributed by atoms with Crippen molar-refractivity contribution in [2.45, 2.75) is 52.6 Å². The van der Waals surface area contributed by atoms with E-state index in [1.807, 2.05) is 49.4 Å². The van der Waals surface area contributed by atoms with Gasteiger partial charge in [0.05, 0.1) is 4.47 Å². The molecule has 0 saturated carbocycles. The number of amides is 2. The number of nitrogens with one attached hydrogen (secondary N) is 1. The van der Waals surface area contributed by atoms with Crippen LogP contribution < -0.4 is 10.1 Å². The highest BCUT2D eigenvalue weighted by Gasteiger charge is 2.26. The fourth-order valence-electron chi connectivity index (χ4n) is 2.99. The Morgan fingerprint density at radius 1 is 1.13 bits per heavy atom. The molecule has 0 aliphatic carbocycles. The van der Waals surface area contributed by atoms with Crippen LogP contribution in [0.2, 0.25) is 0 Å². The molecular formula is C24H31BrN2O3. The van der Waals surface area contributed by atoms with Gasteiger partial charge >= 0.3 is 0 Å². The maximum Gasteiger partial charge on any atom is 0.261 e. The van der Waals surface area contributed by atoms with E-state index >= 15 is 0 Å². The fourth-order valence-corrected chi connectivity index (χ4v) is 3.48. The summed E-state index contributed by atoms with van der Waals surface area (Å²) in [5.74, 6) is 0.129. The molecule has 0 unspecified atom stereocenters. The number of carbonyl (C=O) groups is 2. The molecule has 162 valence electrons. The normalized spacial score (nSPS) is 12.2. The monoisotopic (exact) mass is 474 g/mol. The quantitative estimate of drug-likeness (QED) is 0.637. The van der Waals surface area contributed by atoms with Crippen molar-refractivity contribution < 1.29 is 14.3 Å². The van der Waals surface area contributed by atoms with E-state index in [2.05, 4.69) is 42.0 Å². The number of likely N-dealkylation sites (N-methyl/N-ethyl adjacent to an activating group) is 1. The van der Waals surface area contributed by atoms with Crippen molar-refractivity contribution in [3.05, 3.63) is 63.6 Å². The zero-order chi connectivity index (χ0) is 22.5. The first-order valence-electron chi connectivity index (χ1n) is 10.0. The third kappa shape index (κ3) is 6.33. The number of carbonyl (C=O) groups excluding carboxylic acids is 2. The Bertz CT molecular complexity index is 888. The Morgan fingerprint density at radius 3 is 2.30 bits per heavy atom. The molecule has 5 nitrogen and oxygen atoms in total. The van der Waals surface area contributed by atoms with Crippen LogP contribution in [0.5, 0.6) is 5.75 Å². The summed E-state index contributed by atoms with van der Waals surface area (Å²) in [4.78, 5) is 26.7. The second kappa shape index (κ2) is 10.1. The van der Waals surface area contributed by atoms with Crippen LogP contribution >= 0.6 is 15.9 Å². The summed E-state index contributed by atoms with van der Waals surface area (Å²) in [7, 11) is 1.57. The molecule has 0 spiro atoms. The predicted octanol–water partition coefficient (Wildman–Crippen LogP) is 4.60. The first kappa shape index (κ1) is 23.9. The average Bonchev–Trinajstić information content (AvgIpc) is 2.70. The maximum absolute atomic E-state index is 13.0. The summed E-state index contributed by atoms with van der Waals surface area (Å²) in [6.07, 6.45) is 0. The lowest BCUT2D eigenvalue weighted by molar-refractivity contribution is -0.142. The van der Waals surface area contributed by atoms with Gasteiger partial charge in [-0.3, -0.25) is 9.59 Å². The van der Waals surface area contributed by atoms with E-state index in [1.165, 1.54) is 5.56 Å². The molecule has 0 fully saturated rings. The molecule has 0 saturated heterocycles. The molecule has 0 aliphatic heterocycles. The second-order valence-electron chi connectivity index (χ2n) is 8.48. The van der Waals surface area contributed by atoms with Crippen LogP contribution in [0.25, 0.3) is 0 Å². The number of ether oxygens (including phenoxy) is 1. The molecule has 0 aromatic heterocycles. The maximum atomic E-state index is 13.0. The second-order valence-corrected chi connectivity index (χ2v) is 9.34. The van der Waals surface area contributed by atoms with Crippen molar-refractivity contribution in [2.75, 3.05) is 13.7 Å². The Kier molecular flexibility index (Phi) is 8.07. The number of benzene rings is 2. The summed E-state index contributed by atoms with van der Waals surface area (Å²) in [6, 6.07) is 13.2. The zero-order valence-electron chi connectivity index (χ0n) is 18.6. The van der Waals surface area contributed by atoms with Crippen molar-refractivity contribution in [1.82, 2.24) is 10.2 Å². The number of aryl methyl sites for hydroxylation is 1. The molecular weight excluding hydrogens is 444 g/mol. The van der Waals surface area contributed by atoms with Gasteiger partial charge < -0.3 is 15.0 Å². The van der Waals surface area contributed by atoms with Gasteiger partial charge in [-0.1, -0.05) is 56.7 Å². The van der Waals surface area contributed by atoms with E-state index in [9.17, 15) is 9.59 Å². The summed E-state index contributed by atoms with van der Waals surface area (Å²) < 4.78 is 6.60. The van der Waals surface area contributed by atoms with Gasteiger partial charge in [0.25, 0.3) is 5.91 Å². The van der Waals surface area contributed by atoms with Crippen LogP contribution in [0.4, 0.5) is 0 Å². The van der Waals surface area contributed by atoms with Crippen LogP contribution in [0.1, 0.15) is 44.4 Å². The van der Waals surface area contributed by atoms with Crippen LogP contribution in [0.3, 0.4) is 0 Å². The summed E-state index contributed by atoms with van der Waals surface area (Å²) in [5, 5.41) is 2.62. The van der Waals surface area contributed by atoms with Crippen LogP contribution in [-0.4, -0.2) is 36.4 Å². The highest BCUT2D eigenvalue weighted by atomic mass is 79.9. The lowest BCUT2D eigenvalue weighted by Crippen LogP contribution is -2.48. The number of nitrogens with zero attached hydrogens (tertiary/aromatic N) is 1. The lowest BCUT2D eigenvalue weighted by atomic mass is 9.87. The zero-order valence-corrected chi connectivity index (χ0v) is 20.2. The molecule has 0 bridgehead atoms. The lowest BCUT2D eigenvalue weighted by Gasteiger charge is -2.28. The van der Waals surface area contributed by atoms with Gasteiger partial charge in [-0.15, -0.1) is 0 Å². The minimum absolute atomic E-state index is 0.0185. The Labute approximate surface area is 187 Å². The van der Waals surface area contributed by atoms with E-state index in [-0.39, 0.29) is 23.8 Å². The third-order valence-corrected chi connectivity index (χ3v) is 5.66. The van der Waals surface area contributed by atoms with Crippen molar-refractivity contribution in [3.8, 4) is 5.75 Å². The van der Waals surface area contributed by atoms with E-state index in [0.717, 1.165) is 15.6 Å². The topological polar surface area (TPSA) is 58.6 Å². The molecule has 30 heavy (non-hydrogen) atoms. The molecule has 0 aliphatic rings. The van der Waals surface area contributed by atoms with Crippen LogP contribution in [-0.2, 0) is 21.5 Å². The Balaban J connectivity index is 2.15. The minimum atomic E-state index is -0.612. The first-order valence-corrected chi connectivity index (χ1v) is 10.8. The average molecular weight is 475 g/mol. The molecule has 6 heteroatoms. The van der Waals surface area contributed by atoms with E-state index < -0.39 is 6.04 Å². The first-order chi connectivity index (χ1) is 14.0. The summed E-state index contributed by atoms with van der Waals surface area (Å²) in [6.45, 7) is 10.3. The van der Waals surface area contributed by atoms with Crippen LogP contribution in [0.15, 0.2) is 46.9 Å². The van der Waals surface area contributed by atoms with Crippen molar-refractivity contribution >= 4 is 27.7 Å². The van der Waals surface area contributed by atoms with Crippen LogP contribution in [0, 0.1) is 6.92 Å². The van der Waals surface area contributed by atoms with Crippen molar-refractivity contribution in [3.63, 3.8) is 0 Å². The molecule has 2 aromatic carbocycles. The van der Waals surface area contributed by atoms with Gasteiger partial charge in [0, 0.05) is 13.6 Å². The van der Waals surface area contributed by atoms with Crippen molar-refractivity contribution in [1.29, 1.82) is 0 Å². The van der Waals surface area contributed by atoms with Gasteiger partial charge in [0.2, 0.25) is 5.91 Å². The van der Waals surface area contributed by atoms with Crippen molar-refractivity contribution in [2.24, 2.45) is 0 Å².